The van der Waals surface area contributed by atoms with E-state index in [1.54, 1.807) is 60.7 Å². The van der Waals surface area contributed by atoms with E-state index in [0.29, 0.717) is 17.3 Å². The lowest BCUT2D eigenvalue weighted by Gasteiger charge is -2.24. The summed E-state index contributed by atoms with van der Waals surface area (Å²) in [4.78, 5) is 16.6. The van der Waals surface area contributed by atoms with Crippen LogP contribution in [0.3, 0.4) is 0 Å². The van der Waals surface area contributed by atoms with Gasteiger partial charge in [0.2, 0.25) is 5.91 Å². The summed E-state index contributed by atoms with van der Waals surface area (Å²) in [6, 6.07) is 19.5. The normalized spacial score (nSPS) is 10.9. The minimum atomic E-state index is -3.95. The van der Waals surface area contributed by atoms with E-state index in [1.165, 1.54) is 25.4 Å². The van der Waals surface area contributed by atoms with E-state index in [4.69, 9.17) is 4.74 Å². The third kappa shape index (κ3) is 4.47. The predicted molar refractivity (Wildman–Crippen MR) is 107 cm³/mol. The largest absolute Gasteiger partial charge is 0.497 e. The molecule has 0 spiro atoms. The van der Waals surface area contributed by atoms with Crippen LogP contribution in [0.4, 0.5) is 11.5 Å². The molecule has 1 amide bonds. The van der Waals surface area contributed by atoms with Gasteiger partial charge in [-0.2, -0.15) is 0 Å². The number of methoxy groups -OCH3 is 1. The number of ether oxygens (including phenoxy) is 1. The molecule has 28 heavy (non-hydrogen) atoms. The van der Waals surface area contributed by atoms with Crippen LogP contribution in [0.25, 0.3) is 0 Å². The first-order chi connectivity index (χ1) is 13.5. The van der Waals surface area contributed by atoms with Gasteiger partial charge in [0.15, 0.2) is 0 Å². The van der Waals surface area contributed by atoms with Crippen molar-refractivity contribution in [2.75, 3.05) is 23.3 Å². The molecule has 0 radical (unpaired) electrons. The molecule has 0 saturated heterocycles. The summed E-state index contributed by atoms with van der Waals surface area (Å²) in [5.74, 6) is 0.423. The van der Waals surface area contributed by atoms with Crippen LogP contribution < -0.4 is 14.4 Å². The first-order valence-electron chi connectivity index (χ1n) is 8.43. The Morgan fingerprint density at radius 2 is 1.68 bits per heavy atom. The number of carbonyl (C=O) groups is 1. The smallest absolute Gasteiger partial charge is 0.264 e. The summed E-state index contributed by atoms with van der Waals surface area (Å²) in [6.45, 7) is -0.403. The number of benzene rings is 2. The van der Waals surface area contributed by atoms with E-state index in [0.717, 1.165) is 4.31 Å². The molecule has 0 saturated carbocycles. The Morgan fingerprint density at radius 1 is 1.00 bits per heavy atom. The van der Waals surface area contributed by atoms with E-state index >= 15 is 0 Å². The number of pyridine rings is 1. The van der Waals surface area contributed by atoms with Crippen molar-refractivity contribution in [1.82, 2.24) is 4.98 Å². The molecule has 2 aromatic carbocycles. The van der Waals surface area contributed by atoms with Crippen LogP contribution in [0.15, 0.2) is 83.9 Å². The molecular formula is C20H19N3O4S. The molecular weight excluding hydrogens is 378 g/mol. The molecule has 8 heteroatoms. The maximum absolute atomic E-state index is 13.2. The van der Waals surface area contributed by atoms with E-state index < -0.39 is 22.5 Å². The van der Waals surface area contributed by atoms with Gasteiger partial charge >= 0.3 is 0 Å². The zero-order valence-corrected chi connectivity index (χ0v) is 16.0. The maximum atomic E-state index is 13.2. The summed E-state index contributed by atoms with van der Waals surface area (Å²) in [5, 5.41) is 2.61. The van der Waals surface area contributed by atoms with Crippen LogP contribution in [0.5, 0.6) is 5.75 Å². The van der Waals surface area contributed by atoms with Crippen LogP contribution in [0.1, 0.15) is 0 Å². The van der Waals surface area contributed by atoms with Crippen molar-refractivity contribution >= 4 is 27.4 Å². The fourth-order valence-electron chi connectivity index (χ4n) is 2.53. The number of hydrogen-bond acceptors (Lipinski definition) is 5. The van der Waals surface area contributed by atoms with Gasteiger partial charge in [0.1, 0.15) is 18.1 Å². The van der Waals surface area contributed by atoms with Crippen molar-refractivity contribution in [3.05, 3.63) is 79.0 Å². The number of aromatic nitrogens is 1. The number of anilines is 2. The van der Waals surface area contributed by atoms with Gasteiger partial charge in [0.25, 0.3) is 10.0 Å². The second-order valence-electron chi connectivity index (χ2n) is 5.79. The fraction of sp³-hybridized carbons (Fsp3) is 0.100. The first-order valence-corrected chi connectivity index (χ1v) is 9.87. The third-order valence-corrected chi connectivity index (χ3v) is 5.70. The van der Waals surface area contributed by atoms with Crippen LogP contribution in [-0.2, 0) is 14.8 Å². The molecule has 1 N–H and O–H groups in total. The Labute approximate surface area is 163 Å². The Bertz CT molecular complexity index is 1020. The first kappa shape index (κ1) is 19.4. The lowest BCUT2D eigenvalue weighted by molar-refractivity contribution is -0.114. The minimum absolute atomic E-state index is 0.0939. The van der Waals surface area contributed by atoms with Gasteiger partial charge < -0.3 is 10.1 Å². The van der Waals surface area contributed by atoms with Gasteiger partial charge in [-0.3, -0.25) is 9.10 Å². The second kappa shape index (κ2) is 8.53. The Kier molecular flexibility index (Phi) is 5.90. The van der Waals surface area contributed by atoms with Gasteiger partial charge in [-0.05, 0) is 48.5 Å². The molecule has 0 aliphatic rings. The minimum Gasteiger partial charge on any atom is -0.497 e. The summed E-state index contributed by atoms with van der Waals surface area (Å²) < 4.78 is 32.5. The zero-order valence-electron chi connectivity index (χ0n) is 15.1. The van der Waals surface area contributed by atoms with Gasteiger partial charge in [-0.15, -0.1) is 0 Å². The number of amides is 1. The van der Waals surface area contributed by atoms with Crippen LogP contribution in [0.2, 0.25) is 0 Å². The van der Waals surface area contributed by atoms with Crippen LogP contribution in [0, 0.1) is 0 Å². The molecule has 7 nitrogen and oxygen atoms in total. The van der Waals surface area contributed by atoms with E-state index in [2.05, 4.69) is 10.3 Å². The second-order valence-corrected chi connectivity index (χ2v) is 7.65. The molecule has 3 aromatic rings. The molecule has 0 aliphatic carbocycles. The Balaban J connectivity index is 1.93. The molecule has 3 rings (SSSR count). The lowest BCUT2D eigenvalue weighted by Crippen LogP contribution is -2.38. The number of carbonyl (C=O) groups excluding carboxylic acids is 1. The number of nitrogens with one attached hydrogen (secondary N) is 1. The number of sulfonamides is 1. The summed E-state index contributed by atoms with van der Waals surface area (Å²) in [5.41, 5.74) is 0.348. The van der Waals surface area contributed by atoms with Gasteiger partial charge in [0.05, 0.1) is 17.7 Å². The number of nitrogens with zero attached hydrogens (tertiary/aromatic N) is 2. The topological polar surface area (TPSA) is 88.6 Å². The highest BCUT2D eigenvalue weighted by molar-refractivity contribution is 7.92. The van der Waals surface area contributed by atoms with Crippen molar-refractivity contribution in [2.24, 2.45) is 0 Å². The molecule has 1 heterocycles. The van der Waals surface area contributed by atoms with E-state index in [-0.39, 0.29) is 4.90 Å². The summed E-state index contributed by atoms with van der Waals surface area (Å²) >= 11 is 0. The third-order valence-electron chi connectivity index (χ3n) is 3.91. The molecule has 0 aliphatic heterocycles. The Morgan fingerprint density at radius 3 is 2.29 bits per heavy atom. The molecule has 0 atom stereocenters. The lowest BCUT2D eigenvalue weighted by atomic mass is 10.3. The molecule has 0 fully saturated rings. The van der Waals surface area contributed by atoms with Gasteiger partial charge in [-0.1, -0.05) is 24.3 Å². The summed E-state index contributed by atoms with van der Waals surface area (Å²) in [6.07, 6.45) is 1.54. The van der Waals surface area contributed by atoms with Crippen LogP contribution in [-0.4, -0.2) is 33.0 Å². The highest BCUT2D eigenvalue weighted by Crippen LogP contribution is 2.25. The zero-order chi connectivity index (χ0) is 20.0. The fourth-order valence-corrected chi connectivity index (χ4v) is 3.97. The molecule has 0 bridgehead atoms. The number of rotatable bonds is 7. The Hall–Kier alpha value is -3.39. The average Bonchev–Trinajstić information content (AvgIpc) is 2.73. The van der Waals surface area contributed by atoms with Crippen molar-refractivity contribution in [3.63, 3.8) is 0 Å². The predicted octanol–water partition coefficient (Wildman–Crippen LogP) is 2.92. The van der Waals surface area contributed by atoms with E-state index in [1.807, 2.05) is 0 Å². The van der Waals surface area contributed by atoms with Crippen molar-refractivity contribution in [2.45, 2.75) is 4.90 Å². The van der Waals surface area contributed by atoms with E-state index in [9.17, 15) is 13.2 Å². The van der Waals surface area contributed by atoms with Gasteiger partial charge in [0, 0.05) is 6.20 Å². The van der Waals surface area contributed by atoms with Crippen molar-refractivity contribution in [3.8, 4) is 5.75 Å². The van der Waals surface area contributed by atoms with Crippen molar-refractivity contribution < 1.29 is 17.9 Å². The quantitative estimate of drug-likeness (QED) is 0.662. The average molecular weight is 397 g/mol. The monoisotopic (exact) mass is 397 g/mol. The van der Waals surface area contributed by atoms with Gasteiger partial charge in [-0.25, -0.2) is 13.4 Å². The van der Waals surface area contributed by atoms with Crippen molar-refractivity contribution in [1.29, 1.82) is 0 Å². The summed E-state index contributed by atoms with van der Waals surface area (Å²) in [7, 11) is -2.43. The molecule has 144 valence electrons. The standard InChI is InChI=1S/C20H19N3O4S/c1-27-17-12-10-16(11-13-17)23(28(25,26)18-7-3-2-4-8-18)15-20(24)22-19-9-5-6-14-21-19/h2-14H,15H2,1H3,(H,21,22,24). The molecule has 0 unspecified atom stereocenters. The number of hydrogen-bond donors (Lipinski definition) is 1. The van der Waals surface area contributed by atoms with Crippen LogP contribution >= 0.6 is 0 Å². The maximum Gasteiger partial charge on any atom is 0.264 e. The SMILES string of the molecule is COc1ccc(N(CC(=O)Nc2ccccn2)S(=O)(=O)c2ccccc2)cc1. The highest BCUT2D eigenvalue weighted by atomic mass is 32.2. The molecule has 1 aromatic heterocycles. The highest BCUT2D eigenvalue weighted by Gasteiger charge is 2.27.